The Kier molecular flexibility index (Phi) is 5.06. The minimum absolute atomic E-state index is 0.269. The normalized spacial score (nSPS) is 12.5. The van der Waals surface area contributed by atoms with Gasteiger partial charge in [-0.25, -0.2) is 22.4 Å². The predicted molar refractivity (Wildman–Crippen MR) is 94.0 cm³/mol. The highest BCUT2D eigenvalue weighted by atomic mass is 35.5. The summed E-state index contributed by atoms with van der Waals surface area (Å²) in [5.41, 5.74) is -3.43. The number of anilines is 1. The molecule has 0 amide bonds. The molecule has 0 atom stereocenters. The zero-order valence-electron chi connectivity index (χ0n) is 13.3. The molecule has 0 saturated carbocycles. The van der Waals surface area contributed by atoms with Crippen molar-refractivity contribution >= 4 is 44.7 Å². The number of hydrogen-bond donors (Lipinski definition) is 1. The van der Waals surface area contributed by atoms with Crippen LogP contribution in [0.4, 0.5) is 23.2 Å². The molecule has 14 heteroatoms. The molecule has 0 aliphatic heterocycles. The van der Waals surface area contributed by atoms with Gasteiger partial charge in [-0.1, -0.05) is 11.6 Å². The molecule has 1 aromatic carbocycles. The van der Waals surface area contributed by atoms with E-state index >= 15 is 0 Å². The number of rotatable bonds is 4. The lowest BCUT2D eigenvalue weighted by Gasteiger charge is -2.15. The number of aromatic nitrogens is 3. The molecule has 1 N–H and O–H groups in total. The monoisotopic (exact) mass is 458 g/mol. The fraction of sp³-hybridized carbons (Fsp3) is 0.143. The molecule has 2 heterocycles. The first-order valence-corrected chi connectivity index (χ1v) is 9.73. The molecule has 0 unspecified atom stereocenters. The Morgan fingerprint density at radius 1 is 1.21 bits per heavy atom. The summed E-state index contributed by atoms with van der Waals surface area (Å²) in [6.07, 6.45) is -2.93. The lowest BCUT2D eigenvalue weighted by molar-refractivity contribution is -0.142. The van der Waals surface area contributed by atoms with E-state index in [1.807, 2.05) is 4.72 Å². The molecule has 0 aliphatic rings. The lowest BCUT2D eigenvalue weighted by atomic mass is 10.2. The van der Waals surface area contributed by atoms with Gasteiger partial charge in [-0.3, -0.25) is 13.9 Å². The van der Waals surface area contributed by atoms with Gasteiger partial charge in [0.2, 0.25) is 15.8 Å². The van der Waals surface area contributed by atoms with Crippen LogP contribution in [0.25, 0.3) is 11.5 Å². The number of imidazole rings is 1. The van der Waals surface area contributed by atoms with Crippen molar-refractivity contribution in [2.75, 3.05) is 9.93 Å². The minimum atomic E-state index is -4.86. The number of halogens is 6. The molecule has 0 fully saturated rings. The Labute approximate surface area is 164 Å². The number of nitrogens with zero attached hydrogens (tertiary/aromatic N) is 3. The molecule has 28 heavy (non-hydrogen) atoms. The van der Waals surface area contributed by atoms with Crippen molar-refractivity contribution in [1.29, 1.82) is 0 Å². The number of alkyl halides is 4. The molecule has 0 bridgehead atoms. The summed E-state index contributed by atoms with van der Waals surface area (Å²) in [6.45, 7) is 0. The van der Waals surface area contributed by atoms with Gasteiger partial charge in [-0.2, -0.15) is 13.2 Å². The van der Waals surface area contributed by atoms with Gasteiger partial charge < -0.3 is 0 Å². The molecule has 0 radical (unpaired) electrons. The van der Waals surface area contributed by atoms with E-state index in [1.54, 1.807) is 0 Å². The maximum Gasteiger partial charge on any atom is 0.432 e. The summed E-state index contributed by atoms with van der Waals surface area (Å²) in [5, 5.41) is -1.19. The van der Waals surface area contributed by atoms with Crippen LogP contribution in [0, 0.1) is 5.82 Å². The van der Waals surface area contributed by atoms with E-state index in [-0.39, 0.29) is 16.8 Å². The fourth-order valence-electron chi connectivity index (χ4n) is 2.43. The highest BCUT2D eigenvalue weighted by Crippen LogP contribution is 2.31. The molecule has 7 nitrogen and oxygen atoms in total. The second kappa shape index (κ2) is 6.94. The van der Waals surface area contributed by atoms with Gasteiger partial charge in [-0.15, -0.1) is 11.6 Å². The van der Waals surface area contributed by atoms with Crippen molar-refractivity contribution in [2.24, 2.45) is 0 Å². The first-order valence-electron chi connectivity index (χ1n) is 7.17. The average Bonchev–Trinajstić information content (AvgIpc) is 3.05. The Balaban J connectivity index is 2.31. The van der Waals surface area contributed by atoms with E-state index in [0.717, 1.165) is 18.5 Å². The predicted octanol–water partition coefficient (Wildman–Crippen LogP) is 3.23. The smallest absolute Gasteiger partial charge is 0.281 e. The van der Waals surface area contributed by atoms with Crippen LogP contribution in [-0.2, 0) is 16.2 Å². The van der Waals surface area contributed by atoms with Gasteiger partial charge in [0.05, 0.1) is 16.4 Å². The van der Waals surface area contributed by atoms with Crippen LogP contribution in [0.5, 0.6) is 0 Å². The van der Waals surface area contributed by atoms with Crippen molar-refractivity contribution < 1.29 is 26.0 Å². The van der Waals surface area contributed by atoms with Gasteiger partial charge in [0.15, 0.2) is 0 Å². The number of nitrogens with one attached hydrogen (secondary N) is 1. The van der Waals surface area contributed by atoms with E-state index in [2.05, 4.69) is 4.98 Å². The van der Waals surface area contributed by atoms with Crippen LogP contribution in [0.15, 0.2) is 35.4 Å². The minimum Gasteiger partial charge on any atom is -0.281 e. The van der Waals surface area contributed by atoms with Crippen LogP contribution in [0.2, 0.25) is 5.02 Å². The van der Waals surface area contributed by atoms with E-state index in [0.29, 0.717) is 15.0 Å². The topological polar surface area (TPSA) is 85.5 Å². The maximum absolute atomic E-state index is 14.5. The summed E-state index contributed by atoms with van der Waals surface area (Å²) >= 11 is 11.1. The molecule has 3 aromatic rings. The quantitative estimate of drug-likeness (QED) is 0.480. The molecule has 150 valence electrons. The van der Waals surface area contributed by atoms with Crippen LogP contribution in [0.1, 0.15) is 5.69 Å². The van der Waals surface area contributed by atoms with Crippen LogP contribution < -0.4 is 10.3 Å². The Hall–Kier alpha value is -2.31. The van der Waals surface area contributed by atoms with E-state index in [9.17, 15) is 30.8 Å². The first-order chi connectivity index (χ1) is 12.9. The van der Waals surface area contributed by atoms with Gasteiger partial charge in [-0.05, 0) is 12.1 Å². The molecule has 0 spiro atoms. The second-order valence-corrected chi connectivity index (χ2v) is 8.12. The lowest BCUT2D eigenvalue weighted by Crippen LogP contribution is -2.26. The number of benzene rings is 1. The fourth-order valence-corrected chi connectivity index (χ4v) is 3.40. The molecule has 0 saturated heterocycles. The van der Waals surface area contributed by atoms with E-state index in [1.165, 1.54) is 0 Å². The summed E-state index contributed by atoms with van der Waals surface area (Å²) < 4.78 is 80.3. The highest BCUT2D eigenvalue weighted by Gasteiger charge is 2.35. The van der Waals surface area contributed by atoms with Crippen molar-refractivity contribution in [3.8, 4) is 5.69 Å². The third-order valence-electron chi connectivity index (χ3n) is 3.54. The SMILES string of the molecule is O=c1cc(C(F)(F)F)n2ccnc2n1-c1cc(NS(=O)(=O)CCl)c(Cl)cc1F. The average molecular weight is 459 g/mol. The summed E-state index contributed by atoms with van der Waals surface area (Å²) in [5.74, 6) is -1.63. The largest absolute Gasteiger partial charge is 0.432 e. The van der Waals surface area contributed by atoms with Crippen molar-refractivity contribution in [1.82, 2.24) is 14.0 Å². The molecular weight excluding hydrogens is 451 g/mol. The zero-order chi connectivity index (χ0) is 20.9. The first kappa shape index (κ1) is 20.4. The van der Waals surface area contributed by atoms with E-state index < -0.39 is 49.9 Å². The van der Waals surface area contributed by atoms with Crippen molar-refractivity contribution in [3.05, 3.63) is 57.5 Å². The van der Waals surface area contributed by atoms with Gasteiger partial charge in [0.25, 0.3) is 5.56 Å². The number of hydrogen-bond acceptors (Lipinski definition) is 4. The van der Waals surface area contributed by atoms with Gasteiger partial charge >= 0.3 is 6.18 Å². The highest BCUT2D eigenvalue weighted by molar-refractivity contribution is 7.93. The maximum atomic E-state index is 14.5. The van der Waals surface area contributed by atoms with Crippen molar-refractivity contribution in [3.63, 3.8) is 0 Å². The van der Waals surface area contributed by atoms with E-state index in [4.69, 9.17) is 23.2 Å². The number of sulfonamides is 1. The standard InChI is InChI=1S/C14H8Cl2F4N4O3S/c15-6-28(26,27)22-9-4-10(8(17)3-7(9)16)24-12(25)5-11(14(18,19)20)23-2-1-21-13(23)24/h1-5,22H,6H2. The Morgan fingerprint density at radius 2 is 1.89 bits per heavy atom. The summed E-state index contributed by atoms with van der Waals surface area (Å²) in [4.78, 5) is 16.0. The second-order valence-electron chi connectivity index (χ2n) is 5.41. The molecule has 0 aliphatic carbocycles. The van der Waals surface area contributed by atoms with Gasteiger partial charge in [0, 0.05) is 18.5 Å². The van der Waals surface area contributed by atoms with Crippen molar-refractivity contribution in [2.45, 2.75) is 6.18 Å². The van der Waals surface area contributed by atoms with Gasteiger partial charge in [0.1, 0.15) is 16.7 Å². The third-order valence-corrected chi connectivity index (χ3v) is 5.53. The number of fused-ring (bicyclic) bond motifs is 1. The molecular formula is C14H8Cl2F4N4O3S. The third kappa shape index (κ3) is 3.66. The Morgan fingerprint density at radius 3 is 2.50 bits per heavy atom. The van der Waals surface area contributed by atoms with Crippen LogP contribution in [-0.4, -0.2) is 27.6 Å². The van der Waals surface area contributed by atoms with Crippen LogP contribution >= 0.6 is 23.2 Å². The molecule has 2 aromatic heterocycles. The van der Waals surface area contributed by atoms with Crippen LogP contribution in [0.3, 0.4) is 0 Å². The zero-order valence-corrected chi connectivity index (χ0v) is 15.7. The molecule has 3 rings (SSSR count). The Bertz CT molecular complexity index is 1240. The summed E-state index contributed by atoms with van der Waals surface area (Å²) in [7, 11) is -4.02. The summed E-state index contributed by atoms with van der Waals surface area (Å²) in [6, 6.07) is 1.82.